The van der Waals surface area contributed by atoms with Gasteiger partial charge in [0.05, 0.1) is 13.2 Å². The van der Waals surface area contributed by atoms with Crippen LogP contribution in [0.15, 0.2) is 24.5 Å². The molecule has 0 aliphatic rings. The smallest absolute Gasteiger partial charge is 0.161 e. The van der Waals surface area contributed by atoms with E-state index in [9.17, 15) is 0 Å². The van der Waals surface area contributed by atoms with E-state index >= 15 is 0 Å². The van der Waals surface area contributed by atoms with Gasteiger partial charge in [-0.15, -0.1) is 0 Å². The molecule has 2 rings (SSSR count). The number of rotatable bonds is 8. The maximum Gasteiger partial charge on any atom is 0.161 e. The van der Waals surface area contributed by atoms with Crippen molar-refractivity contribution in [1.82, 2.24) is 20.5 Å². The first-order chi connectivity index (χ1) is 10.2. The summed E-state index contributed by atoms with van der Waals surface area (Å²) in [7, 11) is 1.66. The minimum Gasteiger partial charge on any atom is -0.493 e. The lowest BCUT2D eigenvalue weighted by Gasteiger charge is -2.14. The van der Waals surface area contributed by atoms with Crippen molar-refractivity contribution in [2.24, 2.45) is 0 Å². The van der Waals surface area contributed by atoms with Crippen molar-refractivity contribution >= 4 is 0 Å². The van der Waals surface area contributed by atoms with E-state index in [-0.39, 0.29) is 6.10 Å². The van der Waals surface area contributed by atoms with E-state index in [1.54, 1.807) is 7.11 Å². The van der Waals surface area contributed by atoms with Gasteiger partial charge in [0.15, 0.2) is 11.5 Å². The number of methoxy groups -OCH3 is 1. The average molecular weight is 290 g/mol. The lowest BCUT2D eigenvalue weighted by molar-refractivity contribution is 0.230. The van der Waals surface area contributed by atoms with Crippen LogP contribution in [-0.4, -0.2) is 34.9 Å². The Morgan fingerprint density at radius 2 is 2.14 bits per heavy atom. The van der Waals surface area contributed by atoms with Crippen molar-refractivity contribution in [2.75, 3.05) is 13.7 Å². The van der Waals surface area contributed by atoms with Crippen LogP contribution in [0.1, 0.15) is 25.2 Å². The van der Waals surface area contributed by atoms with E-state index in [0.29, 0.717) is 0 Å². The van der Waals surface area contributed by atoms with Crippen LogP contribution in [0.25, 0.3) is 0 Å². The highest BCUT2D eigenvalue weighted by molar-refractivity contribution is 5.43. The Morgan fingerprint density at radius 1 is 1.29 bits per heavy atom. The Hall–Kier alpha value is -2.08. The molecule has 0 unspecified atom stereocenters. The van der Waals surface area contributed by atoms with Gasteiger partial charge in [-0.1, -0.05) is 6.07 Å². The number of benzene rings is 1. The predicted molar refractivity (Wildman–Crippen MR) is 80.6 cm³/mol. The summed E-state index contributed by atoms with van der Waals surface area (Å²) >= 11 is 0. The van der Waals surface area contributed by atoms with Gasteiger partial charge in [-0.2, -0.15) is 5.10 Å². The molecule has 1 heterocycles. The molecule has 0 aliphatic carbocycles. The number of nitrogens with one attached hydrogen (secondary N) is 2. The highest BCUT2D eigenvalue weighted by atomic mass is 16.5. The third-order valence-corrected chi connectivity index (χ3v) is 2.92. The Bertz CT molecular complexity index is 541. The first kappa shape index (κ1) is 15.3. The molecule has 1 aromatic heterocycles. The lowest BCUT2D eigenvalue weighted by Crippen LogP contribution is -2.17. The lowest BCUT2D eigenvalue weighted by atomic mass is 10.2. The second kappa shape index (κ2) is 7.64. The molecule has 6 heteroatoms. The number of hydrogen-bond donors (Lipinski definition) is 2. The monoisotopic (exact) mass is 290 g/mol. The van der Waals surface area contributed by atoms with Crippen LogP contribution in [0.4, 0.5) is 0 Å². The second-order valence-corrected chi connectivity index (χ2v) is 5.01. The molecule has 0 saturated heterocycles. The Kier molecular flexibility index (Phi) is 5.57. The average Bonchev–Trinajstić information content (AvgIpc) is 2.97. The first-order valence-electron chi connectivity index (χ1n) is 7.07. The van der Waals surface area contributed by atoms with Gasteiger partial charge < -0.3 is 14.8 Å². The van der Waals surface area contributed by atoms with Crippen molar-refractivity contribution in [1.29, 1.82) is 0 Å². The summed E-state index contributed by atoms with van der Waals surface area (Å²) in [5.74, 6) is 2.43. The molecule has 0 amide bonds. The van der Waals surface area contributed by atoms with E-state index in [4.69, 9.17) is 9.47 Å². The minimum absolute atomic E-state index is 0.129. The molecule has 2 aromatic rings. The maximum atomic E-state index is 5.70. The molecule has 2 N–H and O–H groups in total. The molecular formula is C15H22N4O2. The molecule has 0 aliphatic heterocycles. The van der Waals surface area contributed by atoms with Crippen LogP contribution in [0, 0.1) is 0 Å². The molecule has 0 spiro atoms. The summed E-state index contributed by atoms with van der Waals surface area (Å²) < 4.78 is 11.1. The number of nitrogens with zero attached hydrogens (tertiary/aromatic N) is 2. The second-order valence-electron chi connectivity index (χ2n) is 5.01. The Labute approximate surface area is 124 Å². The molecule has 21 heavy (non-hydrogen) atoms. The zero-order chi connectivity index (χ0) is 15.1. The van der Waals surface area contributed by atoms with Gasteiger partial charge in [0.2, 0.25) is 0 Å². The normalized spacial score (nSPS) is 10.9. The largest absolute Gasteiger partial charge is 0.493 e. The summed E-state index contributed by atoms with van der Waals surface area (Å²) in [6.45, 7) is 5.60. The Balaban J connectivity index is 1.85. The van der Waals surface area contributed by atoms with Crippen molar-refractivity contribution in [3.63, 3.8) is 0 Å². The highest BCUT2D eigenvalue weighted by Gasteiger charge is 2.07. The molecule has 0 bridgehead atoms. The number of aromatic nitrogens is 3. The number of ether oxygens (including phenoxy) is 2. The molecule has 0 radical (unpaired) electrons. The fourth-order valence-corrected chi connectivity index (χ4v) is 1.96. The molecular weight excluding hydrogens is 268 g/mol. The first-order valence-corrected chi connectivity index (χ1v) is 7.07. The standard InChI is InChI=1S/C15H22N4O2/c1-11(2)21-13-5-4-12(8-14(13)20-3)9-16-7-6-15-17-10-18-19-15/h4-5,8,10-11,16H,6-7,9H2,1-3H3,(H,17,18,19). The third kappa shape index (κ3) is 4.75. The summed E-state index contributed by atoms with van der Waals surface area (Å²) in [5.41, 5.74) is 1.15. The van der Waals surface area contributed by atoms with Crippen molar-refractivity contribution in [3.8, 4) is 11.5 Å². The SMILES string of the molecule is COc1cc(CNCCc2ncn[nH]2)ccc1OC(C)C. The van der Waals surface area contributed by atoms with Crippen LogP contribution < -0.4 is 14.8 Å². The van der Waals surface area contributed by atoms with Gasteiger partial charge in [-0.3, -0.25) is 5.10 Å². The van der Waals surface area contributed by atoms with Gasteiger partial charge in [-0.05, 0) is 31.5 Å². The van der Waals surface area contributed by atoms with Gasteiger partial charge in [0, 0.05) is 19.5 Å². The fourth-order valence-electron chi connectivity index (χ4n) is 1.96. The van der Waals surface area contributed by atoms with E-state index in [1.165, 1.54) is 6.33 Å². The van der Waals surface area contributed by atoms with E-state index < -0.39 is 0 Å². The van der Waals surface area contributed by atoms with Crippen LogP contribution in [0.3, 0.4) is 0 Å². The summed E-state index contributed by atoms with van der Waals surface area (Å²) in [4.78, 5) is 4.08. The molecule has 0 fully saturated rings. The van der Waals surface area contributed by atoms with Crippen LogP contribution >= 0.6 is 0 Å². The minimum atomic E-state index is 0.129. The van der Waals surface area contributed by atoms with Crippen LogP contribution in [-0.2, 0) is 13.0 Å². The molecule has 1 aromatic carbocycles. The van der Waals surface area contributed by atoms with E-state index in [0.717, 1.165) is 42.4 Å². The molecule has 0 atom stereocenters. The third-order valence-electron chi connectivity index (χ3n) is 2.92. The van der Waals surface area contributed by atoms with E-state index in [2.05, 4.69) is 20.5 Å². The van der Waals surface area contributed by atoms with Gasteiger partial charge in [0.25, 0.3) is 0 Å². The van der Waals surface area contributed by atoms with E-state index in [1.807, 2.05) is 32.0 Å². The predicted octanol–water partition coefficient (Wildman–Crippen LogP) is 1.93. The fraction of sp³-hybridized carbons (Fsp3) is 0.467. The van der Waals surface area contributed by atoms with Crippen LogP contribution in [0.2, 0.25) is 0 Å². The molecule has 0 saturated carbocycles. The quantitative estimate of drug-likeness (QED) is 0.727. The molecule has 6 nitrogen and oxygen atoms in total. The number of aromatic amines is 1. The number of H-pyrrole nitrogens is 1. The van der Waals surface area contributed by atoms with Gasteiger partial charge in [-0.25, -0.2) is 4.98 Å². The Morgan fingerprint density at radius 3 is 2.81 bits per heavy atom. The van der Waals surface area contributed by atoms with Crippen molar-refractivity contribution < 1.29 is 9.47 Å². The zero-order valence-electron chi connectivity index (χ0n) is 12.7. The molecule has 114 valence electrons. The summed E-state index contributed by atoms with van der Waals surface area (Å²) in [6.07, 6.45) is 2.48. The van der Waals surface area contributed by atoms with Gasteiger partial charge in [0.1, 0.15) is 12.2 Å². The van der Waals surface area contributed by atoms with Crippen molar-refractivity contribution in [3.05, 3.63) is 35.9 Å². The number of hydrogen-bond acceptors (Lipinski definition) is 5. The van der Waals surface area contributed by atoms with Crippen LogP contribution in [0.5, 0.6) is 11.5 Å². The van der Waals surface area contributed by atoms with Crippen molar-refractivity contribution in [2.45, 2.75) is 32.9 Å². The summed E-state index contributed by atoms with van der Waals surface area (Å²) in [5, 5.41) is 10.0. The zero-order valence-corrected chi connectivity index (χ0v) is 12.7. The topological polar surface area (TPSA) is 72.1 Å². The highest BCUT2D eigenvalue weighted by Crippen LogP contribution is 2.28. The van der Waals surface area contributed by atoms with Gasteiger partial charge >= 0.3 is 0 Å². The maximum absolute atomic E-state index is 5.70. The summed E-state index contributed by atoms with van der Waals surface area (Å²) in [6, 6.07) is 5.99.